The van der Waals surface area contributed by atoms with Crippen molar-refractivity contribution in [3.8, 4) is 0 Å². The maximum atomic E-state index is 12.0. The molecule has 1 aliphatic rings. The molecule has 20 heavy (non-hydrogen) atoms. The van der Waals surface area contributed by atoms with Gasteiger partial charge in [-0.15, -0.1) is 0 Å². The average molecular weight is 294 g/mol. The van der Waals surface area contributed by atoms with Crippen molar-refractivity contribution >= 4 is 23.4 Å². The van der Waals surface area contributed by atoms with Crippen LogP contribution in [0, 0.1) is 0 Å². The molecule has 1 aliphatic heterocycles. The Morgan fingerprint density at radius 1 is 1.60 bits per heavy atom. The molecule has 0 aromatic heterocycles. The highest BCUT2D eigenvalue weighted by molar-refractivity contribution is 7.99. The maximum absolute atomic E-state index is 12.0. The highest BCUT2D eigenvalue weighted by Crippen LogP contribution is 2.20. The van der Waals surface area contributed by atoms with E-state index in [1.165, 1.54) is 0 Å². The minimum absolute atomic E-state index is 0.0308. The first-order chi connectivity index (χ1) is 9.69. The standard InChI is InChI=1S/C15H22N2O2S/c1-11(19-2)12-4-3-5-13(8-12)17-15(18)9-14-10-20-7-6-16-14/h3-5,8,11,14,16H,6-7,9-10H2,1-2H3,(H,17,18). The number of carbonyl (C=O) groups excluding carboxylic acids is 1. The van der Waals surface area contributed by atoms with Gasteiger partial charge in [0.1, 0.15) is 0 Å². The summed E-state index contributed by atoms with van der Waals surface area (Å²) in [6, 6.07) is 8.11. The third kappa shape index (κ3) is 4.51. The normalized spacial score (nSPS) is 20.4. The second kappa shape index (κ2) is 7.67. The monoisotopic (exact) mass is 294 g/mol. The van der Waals surface area contributed by atoms with Gasteiger partial charge >= 0.3 is 0 Å². The lowest BCUT2D eigenvalue weighted by Gasteiger charge is -2.22. The molecule has 1 aromatic carbocycles. The zero-order valence-electron chi connectivity index (χ0n) is 12.0. The summed E-state index contributed by atoms with van der Waals surface area (Å²) in [6.45, 7) is 2.98. The molecular formula is C15H22N2O2S. The van der Waals surface area contributed by atoms with E-state index in [1.807, 2.05) is 43.0 Å². The van der Waals surface area contributed by atoms with E-state index in [1.54, 1.807) is 7.11 Å². The molecule has 0 bridgehead atoms. The molecule has 2 atom stereocenters. The number of hydrogen-bond donors (Lipinski definition) is 2. The summed E-state index contributed by atoms with van der Waals surface area (Å²) in [6.07, 6.45) is 0.556. The van der Waals surface area contributed by atoms with Crippen LogP contribution < -0.4 is 10.6 Å². The Kier molecular flexibility index (Phi) is 5.88. The fraction of sp³-hybridized carbons (Fsp3) is 0.533. The van der Waals surface area contributed by atoms with Crippen LogP contribution in [0.3, 0.4) is 0 Å². The molecule has 1 saturated heterocycles. The van der Waals surface area contributed by atoms with Gasteiger partial charge in [0.05, 0.1) is 6.10 Å². The van der Waals surface area contributed by atoms with Crippen molar-refractivity contribution in [2.75, 3.05) is 30.5 Å². The van der Waals surface area contributed by atoms with E-state index in [0.717, 1.165) is 29.3 Å². The van der Waals surface area contributed by atoms with Crippen molar-refractivity contribution in [2.45, 2.75) is 25.5 Å². The number of benzene rings is 1. The molecule has 1 fully saturated rings. The van der Waals surface area contributed by atoms with Crippen LogP contribution in [0.4, 0.5) is 5.69 Å². The van der Waals surface area contributed by atoms with Gasteiger partial charge in [0.2, 0.25) is 5.91 Å². The van der Waals surface area contributed by atoms with Gasteiger partial charge in [-0.25, -0.2) is 0 Å². The zero-order valence-corrected chi connectivity index (χ0v) is 12.8. The highest BCUT2D eigenvalue weighted by Gasteiger charge is 2.16. The number of hydrogen-bond acceptors (Lipinski definition) is 4. The van der Waals surface area contributed by atoms with Crippen LogP contribution in [0.5, 0.6) is 0 Å². The number of amides is 1. The fourth-order valence-corrected chi connectivity index (χ4v) is 3.14. The number of thioether (sulfide) groups is 1. The topological polar surface area (TPSA) is 50.4 Å². The van der Waals surface area contributed by atoms with Crippen molar-refractivity contribution in [1.82, 2.24) is 5.32 Å². The maximum Gasteiger partial charge on any atom is 0.225 e. The summed E-state index contributed by atoms with van der Waals surface area (Å²) in [5, 5.41) is 6.34. The first-order valence-electron chi connectivity index (χ1n) is 6.93. The molecule has 1 aromatic rings. The Morgan fingerprint density at radius 3 is 3.15 bits per heavy atom. The Morgan fingerprint density at radius 2 is 2.45 bits per heavy atom. The first kappa shape index (κ1) is 15.4. The lowest BCUT2D eigenvalue weighted by molar-refractivity contribution is -0.116. The minimum Gasteiger partial charge on any atom is -0.377 e. The molecule has 4 nitrogen and oxygen atoms in total. The molecule has 0 saturated carbocycles. The van der Waals surface area contributed by atoms with E-state index >= 15 is 0 Å². The van der Waals surface area contributed by atoms with Crippen molar-refractivity contribution in [2.24, 2.45) is 0 Å². The number of ether oxygens (including phenoxy) is 1. The molecule has 0 spiro atoms. The Hall–Kier alpha value is -1.04. The molecule has 0 aliphatic carbocycles. The summed E-state index contributed by atoms with van der Waals surface area (Å²) in [5.41, 5.74) is 1.90. The number of nitrogens with one attached hydrogen (secondary N) is 2. The Labute approximate surface area is 124 Å². The SMILES string of the molecule is COC(C)c1cccc(NC(=O)CC2CSCCN2)c1. The summed E-state index contributed by atoms with van der Waals surface area (Å²) in [7, 11) is 1.68. The van der Waals surface area contributed by atoms with Crippen molar-refractivity contribution in [3.63, 3.8) is 0 Å². The van der Waals surface area contributed by atoms with E-state index in [-0.39, 0.29) is 18.1 Å². The Bertz CT molecular complexity index is 447. The molecule has 1 amide bonds. The van der Waals surface area contributed by atoms with Gasteiger partial charge in [0.25, 0.3) is 0 Å². The van der Waals surface area contributed by atoms with Crippen molar-refractivity contribution < 1.29 is 9.53 Å². The van der Waals surface area contributed by atoms with Gasteiger partial charge in [0.15, 0.2) is 0 Å². The van der Waals surface area contributed by atoms with Crippen LogP contribution in [0.15, 0.2) is 24.3 Å². The van der Waals surface area contributed by atoms with Crippen molar-refractivity contribution in [3.05, 3.63) is 29.8 Å². The van der Waals surface area contributed by atoms with Gasteiger partial charge in [0, 0.05) is 43.3 Å². The van der Waals surface area contributed by atoms with Crippen molar-refractivity contribution in [1.29, 1.82) is 0 Å². The van der Waals surface area contributed by atoms with Gasteiger partial charge in [-0.3, -0.25) is 4.79 Å². The molecule has 110 valence electrons. The van der Waals surface area contributed by atoms with Gasteiger partial charge in [-0.05, 0) is 24.6 Å². The van der Waals surface area contributed by atoms with Crippen LogP contribution >= 0.6 is 11.8 Å². The summed E-state index contributed by atoms with van der Waals surface area (Å²) in [5.74, 6) is 2.20. The lowest BCUT2D eigenvalue weighted by atomic mass is 10.1. The third-order valence-electron chi connectivity index (χ3n) is 3.42. The molecular weight excluding hydrogens is 272 g/mol. The highest BCUT2D eigenvalue weighted by atomic mass is 32.2. The smallest absolute Gasteiger partial charge is 0.225 e. The van der Waals surface area contributed by atoms with E-state index in [9.17, 15) is 4.79 Å². The van der Waals surface area contributed by atoms with Crippen LogP contribution in [-0.2, 0) is 9.53 Å². The van der Waals surface area contributed by atoms with Gasteiger partial charge in [-0.2, -0.15) is 11.8 Å². The van der Waals surface area contributed by atoms with E-state index in [0.29, 0.717) is 6.42 Å². The third-order valence-corrected chi connectivity index (χ3v) is 4.55. The fourth-order valence-electron chi connectivity index (χ4n) is 2.19. The van der Waals surface area contributed by atoms with E-state index in [2.05, 4.69) is 10.6 Å². The van der Waals surface area contributed by atoms with Gasteiger partial charge in [-0.1, -0.05) is 12.1 Å². The quantitative estimate of drug-likeness (QED) is 0.876. The van der Waals surface area contributed by atoms with Crippen LogP contribution in [0.2, 0.25) is 0 Å². The second-order valence-corrected chi connectivity index (χ2v) is 6.13. The molecule has 2 N–H and O–H groups in total. The Balaban J connectivity index is 1.90. The number of carbonyl (C=O) groups is 1. The molecule has 0 radical (unpaired) electrons. The molecule has 2 unspecified atom stereocenters. The minimum atomic E-state index is 0.0308. The summed E-state index contributed by atoms with van der Waals surface area (Å²) in [4.78, 5) is 12.0. The predicted molar refractivity (Wildman–Crippen MR) is 84.2 cm³/mol. The first-order valence-corrected chi connectivity index (χ1v) is 8.08. The zero-order chi connectivity index (χ0) is 14.4. The van der Waals surface area contributed by atoms with E-state index < -0.39 is 0 Å². The van der Waals surface area contributed by atoms with E-state index in [4.69, 9.17) is 4.74 Å². The summed E-state index contributed by atoms with van der Waals surface area (Å²) < 4.78 is 5.29. The lowest BCUT2D eigenvalue weighted by Crippen LogP contribution is -2.39. The number of rotatable bonds is 5. The average Bonchev–Trinajstić information content (AvgIpc) is 2.47. The summed E-state index contributed by atoms with van der Waals surface area (Å²) >= 11 is 1.90. The van der Waals surface area contributed by atoms with Crippen LogP contribution in [0.25, 0.3) is 0 Å². The predicted octanol–water partition coefficient (Wildman–Crippen LogP) is 2.43. The van der Waals surface area contributed by atoms with Crippen LogP contribution in [-0.4, -0.2) is 37.1 Å². The second-order valence-electron chi connectivity index (χ2n) is 4.98. The molecule has 2 rings (SSSR count). The molecule has 1 heterocycles. The van der Waals surface area contributed by atoms with Gasteiger partial charge < -0.3 is 15.4 Å². The molecule has 5 heteroatoms. The number of anilines is 1. The van der Waals surface area contributed by atoms with Crippen LogP contribution in [0.1, 0.15) is 25.0 Å². The number of methoxy groups -OCH3 is 1. The largest absolute Gasteiger partial charge is 0.377 e.